The highest BCUT2D eigenvalue weighted by Gasteiger charge is 2.32. The highest BCUT2D eigenvalue weighted by Crippen LogP contribution is 2.27. The molecule has 0 saturated carbocycles. The van der Waals surface area contributed by atoms with Crippen LogP contribution in [0.2, 0.25) is 5.02 Å². The number of carbonyl (C=O) groups is 1. The lowest BCUT2D eigenvalue weighted by Crippen LogP contribution is -2.60. The summed E-state index contributed by atoms with van der Waals surface area (Å²) in [5.41, 5.74) is 1.40. The number of rotatable bonds is 2. The molecule has 10 heteroatoms. The number of halogens is 1. The molecule has 1 amide bonds. The topological polar surface area (TPSA) is 97.5 Å². The van der Waals surface area contributed by atoms with Crippen LogP contribution >= 0.6 is 11.6 Å². The zero-order chi connectivity index (χ0) is 18.5. The summed E-state index contributed by atoms with van der Waals surface area (Å²) in [6.45, 7) is 6.71. The van der Waals surface area contributed by atoms with Gasteiger partial charge in [0.05, 0.1) is 16.6 Å². The Hall–Kier alpha value is -2.68. The Bertz CT molecular complexity index is 991. The molecule has 0 aliphatic carbocycles. The van der Waals surface area contributed by atoms with Crippen LogP contribution in [0.1, 0.15) is 20.8 Å². The molecule has 0 atom stereocenters. The molecular weight excluding hydrogens is 358 g/mol. The van der Waals surface area contributed by atoms with E-state index in [1.165, 1.54) is 0 Å². The van der Waals surface area contributed by atoms with Crippen molar-refractivity contribution >= 4 is 40.3 Å². The zero-order valence-corrected chi connectivity index (χ0v) is 15.4. The highest BCUT2D eigenvalue weighted by molar-refractivity contribution is 6.31. The van der Waals surface area contributed by atoms with Gasteiger partial charge >= 0.3 is 6.09 Å². The predicted octanol–water partition coefficient (Wildman–Crippen LogP) is 2.04. The molecule has 1 aliphatic rings. The molecule has 3 aromatic rings. The number of amides is 1. The Balaban J connectivity index is 1.54. The number of alkyl carbamates (subject to hydrolysis) is 1. The molecule has 26 heavy (non-hydrogen) atoms. The van der Waals surface area contributed by atoms with Crippen molar-refractivity contribution in [2.24, 2.45) is 0 Å². The van der Waals surface area contributed by atoms with E-state index in [0.29, 0.717) is 35.2 Å². The molecule has 0 spiro atoms. The molecule has 4 heterocycles. The summed E-state index contributed by atoms with van der Waals surface area (Å²) >= 11 is 6.03. The molecule has 1 fully saturated rings. The summed E-state index contributed by atoms with van der Waals surface area (Å²) < 4.78 is 7.09. The van der Waals surface area contributed by atoms with Crippen LogP contribution in [0.3, 0.4) is 0 Å². The molecule has 1 N–H and O–H groups in total. The third-order valence-corrected chi connectivity index (χ3v) is 4.14. The van der Waals surface area contributed by atoms with Gasteiger partial charge in [-0.15, -0.1) is 10.2 Å². The first-order chi connectivity index (χ1) is 12.3. The lowest BCUT2D eigenvalue weighted by atomic mass is 10.1. The zero-order valence-electron chi connectivity index (χ0n) is 14.6. The number of aromatic nitrogens is 5. The van der Waals surface area contributed by atoms with Gasteiger partial charge in [0, 0.05) is 19.3 Å². The maximum Gasteiger partial charge on any atom is 0.407 e. The van der Waals surface area contributed by atoms with E-state index in [1.807, 2.05) is 30.1 Å². The fourth-order valence-corrected chi connectivity index (χ4v) is 2.98. The number of nitrogens with zero attached hydrogens (tertiary/aromatic N) is 6. The van der Waals surface area contributed by atoms with Gasteiger partial charge < -0.3 is 15.0 Å². The molecule has 0 unspecified atom stereocenters. The van der Waals surface area contributed by atoms with E-state index in [-0.39, 0.29) is 6.04 Å². The summed E-state index contributed by atoms with van der Waals surface area (Å²) in [5.74, 6) is 0.673. The monoisotopic (exact) mass is 375 g/mol. The van der Waals surface area contributed by atoms with Gasteiger partial charge in [0.2, 0.25) is 5.65 Å². The molecule has 136 valence electrons. The summed E-state index contributed by atoms with van der Waals surface area (Å²) in [7, 11) is 0. The van der Waals surface area contributed by atoms with Gasteiger partial charge in [-0.05, 0) is 26.8 Å². The molecule has 0 aromatic carbocycles. The van der Waals surface area contributed by atoms with Crippen LogP contribution in [0.15, 0.2) is 18.6 Å². The van der Waals surface area contributed by atoms with Crippen LogP contribution in [-0.2, 0) is 4.74 Å². The predicted molar refractivity (Wildman–Crippen MR) is 96.5 cm³/mol. The molecule has 4 rings (SSSR count). The molecule has 9 nitrogen and oxygen atoms in total. The number of fused-ring (bicyclic) bond motifs is 3. The summed E-state index contributed by atoms with van der Waals surface area (Å²) in [5, 5.41) is 11.5. The molecule has 1 aliphatic heterocycles. The number of anilines is 1. The largest absolute Gasteiger partial charge is 0.444 e. The van der Waals surface area contributed by atoms with E-state index in [1.54, 1.807) is 18.6 Å². The highest BCUT2D eigenvalue weighted by atomic mass is 35.5. The third-order valence-electron chi connectivity index (χ3n) is 3.93. The quantitative estimate of drug-likeness (QED) is 0.731. The maximum absolute atomic E-state index is 11.9. The van der Waals surface area contributed by atoms with Gasteiger partial charge in [-0.1, -0.05) is 11.6 Å². The van der Waals surface area contributed by atoms with E-state index in [4.69, 9.17) is 16.3 Å². The second-order valence-electron chi connectivity index (χ2n) is 7.20. The van der Waals surface area contributed by atoms with Crippen molar-refractivity contribution in [3.63, 3.8) is 0 Å². The number of pyridine rings is 1. The number of nitrogens with one attached hydrogen (secondary N) is 1. The van der Waals surface area contributed by atoms with Crippen LogP contribution in [-0.4, -0.2) is 55.4 Å². The second kappa shape index (κ2) is 5.94. The van der Waals surface area contributed by atoms with E-state index in [0.717, 1.165) is 5.52 Å². The van der Waals surface area contributed by atoms with Crippen LogP contribution in [0.4, 0.5) is 10.6 Å². The minimum atomic E-state index is -0.520. The summed E-state index contributed by atoms with van der Waals surface area (Å²) in [4.78, 5) is 22.8. The Labute approximate surface area is 154 Å². The Morgan fingerprint density at radius 2 is 2.15 bits per heavy atom. The average Bonchev–Trinajstić information content (AvgIpc) is 2.98. The van der Waals surface area contributed by atoms with Crippen molar-refractivity contribution in [2.45, 2.75) is 32.4 Å². The van der Waals surface area contributed by atoms with E-state index >= 15 is 0 Å². The van der Waals surface area contributed by atoms with E-state index < -0.39 is 11.7 Å². The fourth-order valence-electron chi connectivity index (χ4n) is 2.83. The van der Waals surface area contributed by atoms with Gasteiger partial charge in [0.25, 0.3) is 0 Å². The Kier molecular flexibility index (Phi) is 3.83. The number of carbonyl (C=O) groups excluding carboxylic acids is 1. The van der Waals surface area contributed by atoms with Gasteiger partial charge in [-0.3, -0.25) is 4.40 Å². The number of ether oxygens (including phenoxy) is 1. The minimum Gasteiger partial charge on any atom is -0.444 e. The third kappa shape index (κ3) is 3.10. The molecule has 1 saturated heterocycles. The van der Waals surface area contributed by atoms with Crippen molar-refractivity contribution in [1.82, 2.24) is 29.9 Å². The van der Waals surface area contributed by atoms with Gasteiger partial charge in [0.1, 0.15) is 11.9 Å². The van der Waals surface area contributed by atoms with Crippen LogP contribution in [0.25, 0.3) is 16.8 Å². The van der Waals surface area contributed by atoms with Gasteiger partial charge in [-0.25, -0.2) is 14.8 Å². The Morgan fingerprint density at radius 3 is 2.88 bits per heavy atom. The lowest BCUT2D eigenvalue weighted by Gasteiger charge is -2.40. The first-order valence-electron chi connectivity index (χ1n) is 8.19. The van der Waals surface area contributed by atoms with Crippen molar-refractivity contribution in [3.8, 4) is 0 Å². The fraction of sp³-hybridized carbons (Fsp3) is 0.438. The average molecular weight is 376 g/mol. The molecule has 0 radical (unpaired) electrons. The van der Waals surface area contributed by atoms with Crippen molar-refractivity contribution < 1.29 is 9.53 Å². The Morgan fingerprint density at radius 1 is 1.38 bits per heavy atom. The van der Waals surface area contributed by atoms with E-state index in [9.17, 15) is 4.79 Å². The van der Waals surface area contributed by atoms with Crippen molar-refractivity contribution in [1.29, 1.82) is 0 Å². The standard InChI is InChI=1S/C16H18ClN7O2/c1-16(2,3)26-15(25)20-10-6-23(7-10)13-14-22-19-8-24(14)11-4-9(17)5-18-12(11)21-13/h4-5,8,10H,6-7H2,1-3H3,(H,20,25). The molecule has 3 aromatic heterocycles. The van der Waals surface area contributed by atoms with Crippen LogP contribution in [0, 0.1) is 0 Å². The first kappa shape index (κ1) is 16.8. The number of hydrogen-bond donors (Lipinski definition) is 1. The second-order valence-corrected chi connectivity index (χ2v) is 7.64. The smallest absolute Gasteiger partial charge is 0.407 e. The molecular formula is C16H18ClN7O2. The normalized spacial score (nSPS) is 15.3. The number of hydrogen-bond acceptors (Lipinski definition) is 7. The SMILES string of the molecule is CC(C)(C)OC(=O)NC1CN(c2nc3ncc(Cl)cc3n3cnnc23)C1. The van der Waals surface area contributed by atoms with Gasteiger partial charge in [0.15, 0.2) is 11.5 Å². The van der Waals surface area contributed by atoms with Crippen LogP contribution in [0.5, 0.6) is 0 Å². The van der Waals surface area contributed by atoms with Crippen LogP contribution < -0.4 is 10.2 Å². The molecule has 0 bridgehead atoms. The summed E-state index contributed by atoms with van der Waals surface area (Å²) in [6, 6.07) is 1.77. The minimum absolute atomic E-state index is 0.0107. The van der Waals surface area contributed by atoms with E-state index in [2.05, 4.69) is 25.5 Å². The van der Waals surface area contributed by atoms with Gasteiger partial charge in [-0.2, -0.15) is 0 Å². The lowest BCUT2D eigenvalue weighted by molar-refractivity contribution is 0.0496. The van der Waals surface area contributed by atoms with Crippen molar-refractivity contribution in [3.05, 3.63) is 23.6 Å². The first-order valence-corrected chi connectivity index (χ1v) is 8.57. The summed E-state index contributed by atoms with van der Waals surface area (Å²) in [6.07, 6.45) is 2.74. The maximum atomic E-state index is 11.9. The van der Waals surface area contributed by atoms with Crippen molar-refractivity contribution in [2.75, 3.05) is 18.0 Å².